The standard InChI is InChI=1S/C18H17N5O2S/c1-11(17(24)20-10-13-4-3-6-19-9-13)23-18(25)15-8-16-14(5-7-26-16)22(15)12(2)21-23/h3-9,11H,10H2,1-2H3,(H,20,24)/t11-/m0/s1. The molecular weight excluding hydrogens is 350 g/mol. The highest BCUT2D eigenvalue weighted by atomic mass is 32.1. The second-order valence-corrected chi connectivity index (χ2v) is 7.03. The fraction of sp³-hybridized carbons (Fsp3) is 0.222. The molecule has 0 spiro atoms. The van der Waals surface area contributed by atoms with Gasteiger partial charge in [0.25, 0.3) is 5.56 Å². The van der Waals surface area contributed by atoms with Gasteiger partial charge >= 0.3 is 0 Å². The summed E-state index contributed by atoms with van der Waals surface area (Å²) in [6, 6.07) is 6.80. The van der Waals surface area contributed by atoms with Gasteiger partial charge in [0.05, 0.1) is 10.2 Å². The zero-order valence-electron chi connectivity index (χ0n) is 14.3. The lowest BCUT2D eigenvalue weighted by Crippen LogP contribution is -2.38. The summed E-state index contributed by atoms with van der Waals surface area (Å²) in [6.45, 7) is 3.86. The van der Waals surface area contributed by atoms with Gasteiger partial charge in [0.15, 0.2) is 0 Å². The lowest BCUT2D eigenvalue weighted by atomic mass is 10.2. The summed E-state index contributed by atoms with van der Waals surface area (Å²) in [6.07, 6.45) is 3.37. The van der Waals surface area contributed by atoms with Gasteiger partial charge in [-0.15, -0.1) is 11.3 Å². The number of aryl methyl sites for hydroxylation is 1. The Hall–Kier alpha value is -3.00. The molecule has 4 aromatic heterocycles. The van der Waals surface area contributed by atoms with E-state index in [-0.39, 0.29) is 11.5 Å². The van der Waals surface area contributed by atoms with E-state index in [2.05, 4.69) is 15.4 Å². The zero-order chi connectivity index (χ0) is 18.3. The van der Waals surface area contributed by atoms with E-state index in [0.717, 1.165) is 15.8 Å². The first-order valence-corrected chi connectivity index (χ1v) is 9.09. The first-order valence-electron chi connectivity index (χ1n) is 8.21. The molecule has 4 rings (SSSR count). The first kappa shape index (κ1) is 16.5. The van der Waals surface area contributed by atoms with Crippen molar-refractivity contribution in [1.82, 2.24) is 24.5 Å². The summed E-state index contributed by atoms with van der Waals surface area (Å²) >= 11 is 1.57. The minimum Gasteiger partial charge on any atom is -0.350 e. The van der Waals surface area contributed by atoms with Crippen LogP contribution in [0.5, 0.6) is 0 Å². The van der Waals surface area contributed by atoms with E-state index in [1.54, 1.807) is 30.7 Å². The van der Waals surface area contributed by atoms with E-state index >= 15 is 0 Å². The number of carbonyl (C=O) groups is 1. The molecule has 0 unspecified atom stereocenters. The van der Waals surface area contributed by atoms with Crippen molar-refractivity contribution in [3.05, 3.63) is 63.8 Å². The van der Waals surface area contributed by atoms with Crippen LogP contribution < -0.4 is 10.9 Å². The summed E-state index contributed by atoms with van der Waals surface area (Å²) in [5.74, 6) is 0.403. The minimum atomic E-state index is -0.712. The van der Waals surface area contributed by atoms with E-state index in [9.17, 15) is 9.59 Å². The predicted octanol–water partition coefficient (Wildman–Crippen LogP) is 2.29. The van der Waals surface area contributed by atoms with Gasteiger partial charge in [-0.2, -0.15) is 5.10 Å². The number of hydrogen-bond acceptors (Lipinski definition) is 5. The predicted molar refractivity (Wildman–Crippen MR) is 100 cm³/mol. The third-order valence-corrected chi connectivity index (χ3v) is 5.22. The second-order valence-electron chi connectivity index (χ2n) is 6.09. The first-order chi connectivity index (χ1) is 12.6. The van der Waals surface area contributed by atoms with Gasteiger partial charge in [-0.1, -0.05) is 6.07 Å². The molecule has 0 aliphatic heterocycles. The van der Waals surface area contributed by atoms with Crippen molar-refractivity contribution in [3.8, 4) is 0 Å². The van der Waals surface area contributed by atoms with Crippen molar-refractivity contribution in [2.45, 2.75) is 26.4 Å². The molecule has 0 aliphatic carbocycles. The van der Waals surface area contributed by atoms with Crippen LogP contribution in [0.25, 0.3) is 15.7 Å². The second kappa shape index (κ2) is 6.38. The zero-order valence-corrected chi connectivity index (χ0v) is 15.2. The molecule has 0 aliphatic rings. The van der Waals surface area contributed by atoms with Crippen molar-refractivity contribution in [2.24, 2.45) is 0 Å². The number of pyridine rings is 1. The van der Waals surface area contributed by atoms with Crippen LogP contribution in [0.15, 0.2) is 46.8 Å². The van der Waals surface area contributed by atoms with Gasteiger partial charge < -0.3 is 5.32 Å². The maximum Gasteiger partial charge on any atom is 0.291 e. The highest BCUT2D eigenvalue weighted by Crippen LogP contribution is 2.24. The van der Waals surface area contributed by atoms with Gasteiger partial charge in [0.1, 0.15) is 17.4 Å². The fourth-order valence-corrected chi connectivity index (χ4v) is 3.81. The van der Waals surface area contributed by atoms with Gasteiger partial charge in [0.2, 0.25) is 5.91 Å². The molecule has 0 saturated carbocycles. The van der Waals surface area contributed by atoms with Gasteiger partial charge in [-0.05, 0) is 43.0 Å². The summed E-state index contributed by atoms with van der Waals surface area (Å²) in [4.78, 5) is 29.4. The van der Waals surface area contributed by atoms with Gasteiger partial charge in [-0.25, -0.2) is 4.68 Å². The van der Waals surface area contributed by atoms with Crippen LogP contribution in [0.3, 0.4) is 0 Å². The summed E-state index contributed by atoms with van der Waals surface area (Å²) in [5.41, 5.74) is 2.12. The monoisotopic (exact) mass is 367 g/mol. The number of thiophene rings is 1. The molecule has 4 aromatic rings. The smallest absolute Gasteiger partial charge is 0.291 e. The number of hydrogen-bond donors (Lipinski definition) is 1. The van der Waals surface area contributed by atoms with Crippen LogP contribution in [0.4, 0.5) is 0 Å². The van der Waals surface area contributed by atoms with Crippen LogP contribution in [-0.4, -0.2) is 25.1 Å². The number of rotatable bonds is 4. The third kappa shape index (κ3) is 2.68. The Labute approximate surface area is 152 Å². The number of amides is 1. The normalized spacial score (nSPS) is 12.5. The Kier molecular flexibility index (Phi) is 4.04. The fourth-order valence-electron chi connectivity index (χ4n) is 3.01. The van der Waals surface area contributed by atoms with E-state index in [1.807, 2.05) is 41.0 Å². The highest BCUT2D eigenvalue weighted by molar-refractivity contribution is 7.17. The average molecular weight is 367 g/mol. The van der Waals surface area contributed by atoms with Crippen LogP contribution in [0.2, 0.25) is 0 Å². The molecule has 1 atom stereocenters. The molecule has 0 saturated heterocycles. The molecular formula is C18H17N5O2S. The Morgan fingerprint density at radius 2 is 2.19 bits per heavy atom. The van der Waals surface area contributed by atoms with Crippen molar-refractivity contribution >= 4 is 33.0 Å². The Bertz CT molecular complexity index is 1160. The lowest BCUT2D eigenvalue weighted by Gasteiger charge is -2.15. The molecule has 0 fully saturated rings. The molecule has 0 radical (unpaired) electrons. The van der Waals surface area contributed by atoms with Crippen LogP contribution in [-0.2, 0) is 11.3 Å². The number of nitrogens with zero attached hydrogens (tertiary/aromatic N) is 4. The lowest BCUT2D eigenvalue weighted by molar-refractivity contribution is -0.124. The number of aromatic nitrogens is 4. The van der Waals surface area contributed by atoms with Crippen molar-refractivity contribution in [2.75, 3.05) is 0 Å². The Balaban J connectivity index is 1.66. The summed E-state index contributed by atoms with van der Waals surface area (Å²) < 4.78 is 4.12. The number of fused-ring (bicyclic) bond motifs is 3. The molecule has 26 heavy (non-hydrogen) atoms. The average Bonchev–Trinajstić information content (AvgIpc) is 3.24. The molecule has 8 heteroatoms. The molecule has 1 amide bonds. The molecule has 1 N–H and O–H groups in total. The van der Waals surface area contributed by atoms with Crippen LogP contribution >= 0.6 is 11.3 Å². The largest absolute Gasteiger partial charge is 0.350 e. The van der Waals surface area contributed by atoms with Crippen molar-refractivity contribution in [1.29, 1.82) is 0 Å². The molecule has 4 heterocycles. The summed E-state index contributed by atoms with van der Waals surface area (Å²) in [5, 5.41) is 9.19. The van der Waals surface area contributed by atoms with Crippen molar-refractivity contribution in [3.63, 3.8) is 0 Å². The number of nitrogens with one attached hydrogen (secondary N) is 1. The third-order valence-electron chi connectivity index (χ3n) is 4.36. The topological polar surface area (TPSA) is 81.3 Å². The van der Waals surface area contributed by atoms with E-state index in [0.29, 0.717) is 17.9 Å². The Morgan fingerprint density at radius 3 is 2.96 bits per heavy atom. The molecule has 132 valence electrons. The maximum absolute atomic E-state index is 12.9. The SMILES string of the molecule is Cc1nn([C@@H](C)C(=O)NCc2cccnc2)c(=O)c2cc3sccc3n12. The molecule has 7 nitrogen and oxygen atoms in total. The van der Waals surface area contributed by atoms with E-state index in [4.69, 9.17) is 0 Å². The molecule has 0 bridgehead atoms. The summed E-state index contributed by atoms with van der Waals surface area (Å²) in [7, 11) is 0. The van der Waals surface area contributed by atoms with Crippen molar-refractivity contribution < 1.29 is 4.79 Å². The molecule has 0 aromatic carbocycles. The van der Waals surface area contributed by atoms with E-state index < -0.39 is 6.04 Å². The number of carbonyl (C=O) groups excluding carboxylic acids is 1. The minimum absolute atomic E-state index is 0.263. The van der Waals surface area contributed by atoms with Gasteiger partial charge in [-0.3, -0.25) is 19.0 Å². The Morgan fingerprint density at radius 1 is 1.35 bits per heavy atom. The van der Waals surface area contributed by atoms with E-state index in [1.165, 1.54) is 4.68 Å². The highest BCUT2D eigenvalue weighted by Gasteiger charge is 2.21. The quantitative estimate of drug-likeness (QED) is 0.600. The maximum atomic E-state index is 12.9. The van der Waals surface area contributed by atoms with Gasteiger partial charge in [0, 0.05) is 18.9 Å². The van der Waals surface area contributed by atoms with Crippen LogP contribution in [0.1, 0.15) is 24.4 Å². The van der Waals surface area contributed by atoms with Crippen LogP contribution in [0, 0.1) is 6.92 Å².